The van der Waals surface area contributed by atoms with Gasteiger partial charge in [0.1, 0.15) is 5.82 Å². The third-order valence-corrected chi connectivity index (χ3v) is 7.80. The average Bonchev–Trinajstić information content (AvgIpc) is 3.40. The summed E-state index contributed by atoms with van der Waals surface area (Å²) in [5.41, 5.74) is 0.455. The van der Waals surface area contributed by atoms with Crippen LogP contribution in [0.1, 0.15) is 12.8 Å². The molecule has 34 heavy (non-hydrogen) atoms. The third-order valence-electron chi connectivity index (χ3n) is 5.94. The van der Waals surface area contributed by atoms with Crippen molar-refractivity contribution in [2.75, 3.05) is 18.4 Å². The number of carbonyl (C=O) groups excluding carboxylic acids is 1. The number of anilines is 1. The van der Waals surface area contributed by atoms with E-state index in [0.717, 1.165) is 10.8 Å². The van der Waals surface area contributed by atoms with Crippen LogP contribution in [0.15, 0.2) is 65.6 Å². The Morgan fingerprint density at radius 1 is 1.09 bits per heavy atom. The summed E-state index contributed by atoms with van der Waals surface area (Å²) in [6.07, 6.45) is 1.03. The molecule has 0 radical (unpaired) electrons. The summed E-state index contributed by atoms with van der Waals surface area (Å²) in [4.78, 5) is 13.1. The van der Waals surface area contributed by atoms with Gasteiger partial charge in [-0.15, -0.1) is 10.2 Å². The molecule has 1 aromatic heterocycles. The minimum absolute atomic E-state index is 0.0210. The Hall–Kier alpha value is -3.70. The van der Waals surface area contributed by atoms with Crippen LogP contribution >= 0.6 is 0 Å². The fraction of sp³-hybridized carbons (Fsp3) is 0.217. The van der Waals surface area contributed by atoms with E-state index < -0.39 is 27.7 Å². The lowest BCUT2D eigenvalue weighted by atomic mass is 9.98. The number of fused-ring (bicyclic) bond motifs is 1. The van der Waals surface area contributed by atoms with Crippen LogP contribution in [0.4, 0.5) is 10.1 Å². The van der Waals surface area contributed by atoms with Gasteiger partial charge in [-0.05, 0) is 59.2 Å². The SMILES string of the molecule is O=C(Nc1cc(-c2nn[nH]n2)ccc1F)C1CCCN(S(=O)(=O)c2ccc3ccccc3c2)C1. The van der Waals surface area contributed by atoms with E-state index in [0.29, 0.717) is 24.9 Å². The van der Waals surface area contributed by atoms with Crippen LogP contribution in [0.5, 0.6) is 0 Å². The number of piperidine rings is 1. The van der Waals surface area contributed by atoms with E-state index in [4.69, 9.17) is 0 Å². The van der Waals surface area contributed by atoms with E-state index in [1.165, 1.54) is 22.5 Å². The molecular weight excluding hydrogens is 459 g/mol. The van der Waals surface area contributed by atoms with Crippen LogP contribution in [-0.4, -0.2) is 52.3 Å². The number of nitrogens with one attached hydrogen (secondary N) is 2. The molecule has 1 amide bonds. The van der Waals surface area contributed by atoms with E-state index in [2.05, 4.69) is 25.9 Å². The van der Waals surface area contributed by atoms with Crippen molar-refractivity contribution in [3.63, 3.8) is 0 Å². The lowest BCUT2D eigenvalue weighted by Crippen LogP contribution is -2.43. The van der Waals surface area contributed by atoms with Crippen molar-refractivity contribution in [1.82, 2.24) is 24.9 Å². The number of hydrogen-bond acceptors (Lipinski definition) is 6. The summed E-state index contributed by atoms with van der Waals surface area (Å²) >= 11 is 0. The lowest BCUT2D eigenvalue weighted by Gasteiger charge is -2.31. The van der Waals surface area contributed by atoms with Crippen LogP contribution in [0, 0.1) is 11.7 Å². The molecule has 174 valence electrons. The first-order valence-electron chi connectivity index (χ1n) is 10.7. The van der Waals surface area contributed by atoms with E-state index in [9.17, 15) is 17.6 Å². The highest BCUT2D eigenvalue weighted by Gasteiger charge is 2.33. The molecule has 0 spiro atoms. The number of rotatable bonds is 5. The van der Waals surface area contributed by atoms with Gasteiger partial charge in [-0.1, -0.05) is 30.3 Å². The quantitative estimate of drug-likeness (QED) is 0.453. The molecule has 1 atom stereocenters. The second kappa shape index (κ2) is 8.92. The molecule has 1 saturated heterocycles. The number of benzene rings is 3. The van der Waals surface area contributed by atoms with E-state index in [1.807, 2.05) is 24.3 Å². The predicted molar refractivity (Wildman–Crippen MR) is 124 cm³/mol. The molecule has 4 aromatic rings. The zero-order valence-electron chi connectivity index (χ0n) is 18.0. The highest BCUT2D eigenvalue weighted by atomic mass is 32.2. The Balaban J connectivity index is 1.34. The maximum absolute atomic E-state index is 14.4. The number of halogens is 1. The number of sulfonamides is 1. The lowest BCUT2D eigenvalue weighted by molar-refractivity contribution is -0.120. The Kier molecular flexibility index (Phi) is 5.80. The highest BCUT2D eigenvalue weighted by Crippen LogP contribution is 2.28. The van der Waals surface area contributed by atoms with Gasteiger partial charge in [0.2, 0.25) is 21.8 Å². The normalized spacial score (nSPS) is 17.0. The topological polar surface area (TPSA) is 121 Å². The van der Waals surface area contributed by atoms with Crippen molar-refractivity contribution in [2.45, 2.75) is 17.7 Å². The largest absolute Gasteiger partial charge is 0.323 e. The van der Waals surface area contributed by atoms with Crippen LogP contribution < -0.4 is 5.32 Å². The second-order valence-corrected chi connectivity index (χ2v) is 10.1. The number of amides is 1. The van der Waals surface area contributed by atoms with Crippen molar-refractivity contribution in [3.8, 4) is 11.4 Å². The molecule has 9 nitrogen and oxygen atoms in total. The monoisotopic (exact) mass is 480 g/mol. The summed E-state index contributed by atoms with van der Waals surface area (Å²) < 4.78 is 42.3. The molecule has 3 aromatic carbocycles. The Morgan fingerprint density at radius 2 is 1.91 bits per heavy atom. The van der Waals surface area contributed by atoms with Gasteiger partial charge >= 0.3 is 0 Å². The Labute approximate surface area is 195 Å². The van der Waals surface area contributed by atoms with Crippen LogP contribution in [0.25, 0.3) is 22.2 Å². The number of aromatic nitrogens is 4. The molecule has 1 fully saturated rings. The minimum atomic E-state index is -3.78. The molecule has 1 aliphatic rings. The minimum Gasteiger partial charge on any atom is -0.323 e. The molecule has 1 aliphatic heterocycles. The molecule has 2 N–H and O–H groups in total. The average molecular weight is 481 g/mol. The number of nitrogens with zero attached hydrogens (tertiary/aromatic N) is 4. The molecule has 0 bridgehead atoms. The van der Waals surface area contributed by atoms with Crippen LogP contribution in [-0.2, 0) is 14.8 Å². The highest BCUT2D eigenvalue weighted by molar-refractivity contribution is 7.89. The van der Waals surface area contributed by atoms with Crippen molar-refractivity contribution in [1.29, 1.82) is 0 Å². The van der Waals surface area contributed by atoms with Gasteiger partial charge < -0.3 is 5.32 Å². The number of tetrazole rings is 1. The smallest absolute Gasteiger partial charge is 0.243 e. The summed E-state index contributed by atoms with van der Waals surface area (Å²) in [5, 5.41) is 17.9. The van der Waals surface area contributed by atoms with Gasteiger partial charge in [-0.25, -0.2) is 12.8 Å². The van der Waals surface area contributed by atoms with Gasteiger partial charge in [0.05, 0.1) is 16.5 Å². The van der Waals surface area contributed by atoms with Gasteiger partial charge in [0.15, 0.2) is 0 Å². The zero-order valence-corrected chi connectivity index (χ0v) is 18.8. The van der Waals surface area contributed by atoms with E-state index >= 15 is 0 Å². The molecule has 2 heterocycles. The van der Waals surface area contributed by atoms with Crippen LogP contribution in [0.3, 0.4) is 0 Å². The Morgan fingerprint density at radius 3 is 2.71 bits per heavy atom. The fourth-order valence-electron chi connectivity index (χ4n) is 4.13. The number of H-pyrrole nitrogens is 1. The maximum Gasteiger partial charge on any atom is 0.243 e. The van der Waals surface area contributed by atoms with E-state index in [-0.39, 0.29) is 23.0 Å². The number of aromatic amines is 1. The molecular formula is C23H21FN6O3S. The predicted octanol–water partition coefficient (Wildman–Crippen LogP) is 3.20. The maximum atomic E-state index is 14.4. The Bertz CT molecular complexity index is 1460. The number of hydrogen-bond donors (Lipinski definition) is 2. The van der Waals surface area contributed by atoms with Crippen molar-refractivity contribution >= 4 is 32.4 Å². The van der Waals surface area contributed by atoms with Crippen molar-refractivity contribution in [3.05, 3.63) is 66.5 Å². The zero-order chi connectivity index (χ0) is 23.7. The molecule has 0 aliphatic carbocycles. The van der Waals surface area contributed by atoms with Crippen molar-refractivity contribution < 1.29 is 17.6 Å². The van der Waals surface area contributed by atoms with Gasteiger partial charge in [-0.2, -0.15) is 9.52 Å². The molecule has 0 saturated carbocycles. The molecule has 11 heteroatoms. The second-order valence-electron chi connectivity index (χ2n) is 8.13. The van der Waals surface area contributed by atoms with Gasteiger partial charge in [0, 0.05) is 18.7 Å². The first kappa shape index (κ1) is 22.1. The first-order chi connectivity index (χ1) is 16.4. The molecule has 1 unspecified atom stereocenters. The first-order valence-corrected chi connectivity index (χ1v) is 12.2. The van der Waals surface area contributed by atoms with Gasteiger partial charge in [-0.3, -0.25) is 4.79 Å². The third kappa shape index (κ3) is 4.27. The summed E-state index contributed by atoms with van der Waals surface area (Å²) in [7, 11) is -3.78. The van der Waals surface area contributed by atoms with Crippen molar-refractivity contribution in [2.24, 2.45) is 5.92 Å². The van der Waals surface area contributed by atoms with Gasteiger partial charge in [0.25, 0.3) is 0 Å². The summed E-state index contributed by atoms with van der Waals surface area (Å²) in [6.45, 7) is 0.341. The number of carbonyl (C=O) groups is 1. The summed E-state index contributed by atoms with van der Waals surface area (Å²) in [6, 6.07) is 16.6. The standard InChI is InChI=1S/C23H21FN6O3S/c24-20-10-8-17(22-26-28-29-27-22)13-21(20)25-23(31)18-6-3-11-30(14-18)34(32,33)19-9-7-15-4-1-2-5-16(15)12-19/h1-2,4-5,7-10,12-13,18H,3,6,11,14H2,(H,25,31)(H,26,27,28,29). The summed E-state index contributed by atoms with van der Waals surface area (Å²) in [5.74, 6) is -1.40. The fourth-order valence-corrected chi connectivity index (χ4v) is 5.69. The van der Waals surface area contributed by atoms with Crippen LogP contribution in [0.2, 0.25) is 0 Å². The molecule has 5 rings (SSSR count). The van der Waals surface area contributed by atoms with E-state index in [1.54, 1.807) is 18.2 Å².